The molecule has 2 N–H and O–H groups in total. The molecular formula is C20H22N2O5S. The molecular weight excluding hydrogens is 380 g/mol. The normalized spacial score (nSPS) is 14.1. The van der Waals surface area contributed by atoms with E-state index >= 15 is 0 Å². The number of hydrogen-bond acceptors (Lipinski definition) is 5. The molecule has 0 heterocycles. The number of hydrogen-bond donors (Lipinski definition) is 2. The number of benzene rings is 2. The molecule has 1 saturated carbocycles. The van der Waals surface area contributed by atoms with Gasteiger partial charge in [-0.1, -0.05) is 6.07 Å². The summed E-state index contributed by atoms with van der Waals surface area (Å²) in [5.74, 6) is 0.848. The summed E-state index contributed by atoms with van der Waals surface area (Å²) >= 11 is 0. The van der Waals surface area contributed by atoms with Crippen LogP contribution in [-0.4, -0.2) is 34.6 Å². The Labute approximate surface area is 164 Å². The first kappa shape index (κ1) is 19.9. The van der Waals surface area contributed by atoms with E-state index in [2.05, 4.69) is 10.0 Å². The monoisotopic (exact) mass is 402 g/mol. The maximum Gasteiger partial charge on any atom is 0.248 e. The number of carbonyl (C=O) groups is 1. The Bertz CT molecular complexity index is 997. The highest BCUT2D eigenvalue weighted by atomic mass is 32.2. The van der Waals surface area contributed by atoms with Gasteiger partial charge in [-0.25, -0.2) is 13.1 Å². The maximum atomic E-state index is 12.3. The smallest absolute Gasteiger partial charge is 0.248 e. The molecule has 0 radical (unpaired) electrons. The lowest BCUT2D eigenvalue weighted by molar-refractivity contribution is -0.111. The van der Waals surface area contributed by atoms with Gasteiger partial charge >= 0.3 is 0 Å². The zero-order valence-electron chi connectivity index (χ0n) is 15.6. The number of ether oxygens (including phenoxy) is 2. The van der Waals surface area contributed by atoms with Crippen molar-refractivity contribution >= 4 is 27.7 Å². The summed E-state index contributed by atoms with van der Waals surface area (Å²) in [6.07, 6.45) is 4.66. The van der Waals surface area contributed by atoms with Crippen molar-refractivity contribution in [3.05, 3.63) is 54.1 Å². The van der Waals surface area contributed by atoms with E-state index < -0.39 is 15.9 Å². The molecule has 0 unspecified atom stereocenters. The molecule has 0 atom stereocenters. The van der Waals surface area contributed by atoms with Crippen molar-refractivity contribution in [3.8, 4) is 11.5 Å². The van der Waals surface area contributed by atoms with Crippen LogP contribution in [-0.2, 0) is 14.8 Å². The predicted molar refractivity (Wildman–Crippen MR) is 107 cm³/mol. The third-order valence-electron chi connectivity index (χ3n) is 4.16. The molecule has 0 aliphatic heterocycles. The zero-order valence-corrected chi connectivity index (χ0v) is 16.5. The zero-order chi connectivity index (χ0) is 20.1. The highest BCUT2D eigenvalue weighted by molar-refractivity contribution is 7.89. The van der Waals surface area contributed by atoms with Gasteiger partial charge in [0, 0.05) is 23.4 Å². The van der Waals surface area contributed by atoms with Crippen LogP contribution < -0.4 is 19.5 Å². The Balaban J connectivity index is 1.71. The Hall–Kier alpha value is -2.84. The van der Waals surface area contributed by atoms with Crippen LogP contribution in [0.4, 0.5) is 5.69 Å². The van der Waals surface area contributed by atoms with Crippen molar-refractivity contribution in [3.63, 3.8) is 0 Å². The molecule has 0 bridgehead atoms. The molecule has 1 aliphatic carbocycles. The average molecular weight is 402 g/mol. The van der Waals surface area contributed by atoms with E-state index in [1.807, 2.05) is 0 Å². The molecule has 1 amide bonds. The number of rotatable bonds is 8. The summed E-state index contributed by atoms with van der Waals surface area (Å²) < 4.78 is 37.7. The van der Waals surface area contributed by atoms with Gasteiger partial charge in [-0.15, -0.1) is 0 Å². The molecule has 0 aromatic heterocycles. The lowest BCUT2D eigenvalue weighted by Crippen LogP contribution is -2.25. The molecule has 8 heteroatoms. The summed E-state index contributed by atoms with van der Waals surface area (Å²) in [6.45, 7) is 0. The van der Waals surface area contributed by atoms with Crippen LogP contribution in [0.5, 0.6) is 11.5 Å². The van der Waals surface area contributed by atoms with E-state index in [0.29, 0.717) is 22.7 Å². The molecule has 2 aromatic carbocycles. The summed E-state index contributed by atoms with van der Waals surface area (Å²) in [6, 6.07) is 11.4. The number of amides is 1. The molecule has 3 rings (SSSR count). The highest BCUT2D eigenvalue weighted by Crippen LogP contribution is 2.25. The molecule has 148 valence electrons. The first-order valence-corrected chi connectivity index (χ1v) is 10.2. The quantitative estimate of drug-likeness (QED) is 0.662. The van der Waals surface area contributed by atoms with Crippen molar-refractivity contribution < 1.29 is 22.7 Å². The van der Waals surface area contributed by atoms with E-state index in [4.69, 9.17) is 9.47 Å². The Morgan fingerprint density at radius 2 is 1.89 bits per heavy atom. The standard InChI is InChI=1S/C20H22N2O5S/c1-26-17-9-10-19(27-2)14(12-17)6-11-20(23)21-16-4-3-5-18(13-16)28(24,25)22-15-7-8-15/h3-6,9-13,15,22H,7-8H2,1-2H3,(H,21,23)/b11-6+. The first-order chi connectivity index (χ1) is 13.4. The van der Waals surface area contributed by atoms with E-state index in [0.717, 1.165) is 12.8 Å². The molecule has 2 aromatic rings. The molecule has 7 nitrogen and oxygen atoms in total. The van der Waals surface area contributed by atoms with Gasteiger partial charge in [0.1, 0.15) is 11.5 Å². The fraction of sp³-hybridized carbons (Fsp3) is 0.250. The van der Waals surface area contributed by atoms with E-state index in [1.165, 1.54) is 18.2 Å². The third kappa shape index (κ3) is 5.11. The highest BCUT2D eigenvalue weighted by Gasteiger charge is 2.28. The van der Waals surface area contributed by atoms with Crippen molar-refractivity contribution in [1.29, 1.82) is 0 Å². The van der Waals surface area contributed by atoms with Crippen LogP contribution in [0.15, 0.2) is 53.4 Å². The molecule has 0 saturated heterocycles. The summed E-state index contributed by atoms with van der Waals surface area (Å²) in [4.78, 5) is 12.4. The van der Waals surface area contributed by atoms with Gasteiger partial charge in [0.25, 0.3) is 0 Å². The average Bonchev–Trinajstić information content (AvgIpc) is 3.49. The molecule has 1 aliphatic rings. The second kappa shape index (κ2) is 8.45. The topological polar surface area (TPSA) is 93.7 Å². The van der Waals surface area contributed by atoms with Crippen molar-refractivity contribution in [1.82, 2.24) is 4.72 Å². The van der Waals surface area contributed by atoms with E-state index in [9.17, 15) is 13.2 Å². The number of sulfonamides is 1. The second-order valence-electron chi connectivity index (χ2n) is 6.35. The minimum atomic E-state index is -3.58. The van der Waals surface area contributed by atoms with Crippen LogP contribution in [0.2, 0.25) is 0 Å². The van der Waals surface area contributed by atoms with Gasteiger partial charge < -0.3 is 14.8 Å². The van der Waals surface area contributed by atoms with Crippen LogP contribution in [0, 0.1) is 0 Å². The van der Waals surface area contributed by atoms with Gasteiger partial charge in [-0.2, -0.15) is 0 Å². The predicted octanol–water partition coefficient (Wildman–Crippen LogP) is 2.80. The lowest BCUT2D eigenvalue weighted by Gasteiger charge is -2.08. The molecule has 1 fully saturated rings. The number of carbonyl (C=O) groups excluding carboxylic acids is 1. The van der Waals surface area contributed by atoms with Gasteiger partial charge in [0.05, 0.1) is 19.1 Å². The third-order valence-corrected chi connectivity index (χ3v) is 5.68. The Kier molecular flexibility index (Phi) is 6.01. The van der Waals surface area contributed by atoms with Crippen LogP contribution in [0.1, 0.15) is 18.4 Å². The summed E-state index contributed by atoms with van der Waals surface area (Å²) in [7, 11) is -0.478. The Morgan fingerprint density at radius 1 is 1.11 bits per heavy atom. The fourth-order valence-electron chi connectivity index (χ4n) is 2.55. The largest absolute Gasteiger partial charge is 0.497 e. The van der Waals surface area contributed by atoms with Crippen molar-refractivity contribution in [2.24, 2.45) is 0 Å². The van der Waals surface area contributed by atoms with Crippen LogP contribution >= 0.6 is 0 Å². The number of nitrogens with one attached hydrogen (secondary N) is 2. The lowest BCUT2D eigenvalue weighted by atomic mass is 10.1. The van der Waals surface area contributed by atoms with E-state index in [-0.39, 0.29) is 10.9 Å². The van der Waals surface area contributed by atoms with E-state index in [1.54, 1.807) is 50.6 Å². The number of methoxy groups -OCH3 is 2. The van der Waals surface area contributed by atoms with Gasteiger partial charge in [-0.3, -0.25) is 4.79 Å². The fourth-order valence-corrected chi connectivity index (χ4v) is 3.90. The van der Waals surface area contributed by atoms with Gasteiger partial charge in [0.15, 0.2) is 0 Å². The van der Waals surface area contributed by atoms with Gasteiger partial charge in [0.2, 0.25) is 15.9 Å². The first-order valence-electron chi connectivity index (χ1n) is 8.75. The number of anilines is 1. The van der Waals surface area contributed by atoms with Crippen LogP contribution in [0.3, 0.4) is 0 Å². The van der Waals surface area contributed by atoms with Crippen molar-refractivity contribution in [2.75, 3.05) is 19.5 Å². The Morgan fingerprint density at radius 3 is 2.57 bits per heavy atom. The van der Waals surface area contributed by atoms with Crippen LogP contribution in [0.25, 0.3) is 6.08 Å². The molecule has 0 spiro atoms. The minimum absolute atomic E-state index is 0.0176. The summed E-state index contributed by atoms with van der Waals surface area (Å²) in [5.41, 5.74) is 1.08. The van der Waals surface area contributed by atoms with Gasteiger partial charge in [-0.05, 0) is 55.3 Å². The minimum Gasteiger partial charge on any atom is -0.497 e. The summed E-state index contributed by atoms with van der Waals surface area (Å²) in [5, 5.41) is 2.67. The SMILES string of the molecule is COc1ccc(OC)c(/C=C/C(=O)Nc2cccc(S(=O)(=O)NC3CC3)c2)c1. The molecule has 28 heavy (non-hydrogen) atoms. The van der Waals surface area contributed by atoms with Crippen molar-refractivity contribution in [2.45, 2.75) is 23.8 Å². The second-order valence-corrected chi connectivity index (χ2v) is 8.07. The maximum absolute atomic E-state index is 12.3.